The Bertz CT molecular complexity index is 506. The zero-order chi connectivity index (χ0) is 15.9. The molecular weight excluding hydrogens is 286 g/mol. The van der Waals surface area contributed by atoms with Gasteiger partial charge in [-0.05, 0) is 56.1 Å². The number of methoxy groups -OCH3 is 1. The number of ether oxygens (including phenoxy) is 2. The van der Waals surface area contributed by atoms with Gasteiger partial charge in [0, 0.05) is 7.11 Å². The number of benzene rings is 1. The maximum absolute atomic E-state index is 14.3. The molecule has 0 amide bonds. The molecule has 0 aromatic heterocycles. The lowest BCUT2D eigenvalue weighted by Crippen LogP contribution is -2.20. The molecule has 122 valence electrons. The summed E-state index contributed by atoms with van der Waals surface area (Å²) in [7, 11) is 1.55. The number of allylic oxidation sites excluding steroid dienone is 1. The molecule has 1 saturated carbocycles. The monoisotopic (exact) mass is 310 g/mol. The molecule has 0 bridgehead atoms. The first kappa shape index (κ1) is 16.9. The first-order valence-electron chi connectivity index (χ1n) is 7.89. The quantitative estimate of drug-likeness (QED) is 0.707. The van der Waals surface area contributed by atoms with E-state index in [1.54, 1.807) is 25.5 Å². The van der Waals surface area contributed by atoms with Crippen molar-refractivity contribution < 1.29 is 18.3 Å². The molecule has 2 nitrogen and oxygen atoms in total. The number of hydrogen-bond acceptors (Lipinski definition) is 2. The van der Waals surface area contributed by atoms with Crippen LogP contribution in [0.25, 0.3) is 0 Å². The van der Waals surface area contributed by atoms with E-state index in [4.69, 9.17) is 9.47 Å². The van der Waals surface area contributed by atoms with Gasteiger partial charge in [0.15, 0.2) is 11.6 Å². The third-order valence-corrected chi connectivity index (χ3v) is 4.29. The third kappa shape index (κ3) is 4.07. The number of rotatable bonds is 6. The van der Waals surface area contributed by atoms with Gasteiger partial charge in [-0.15, -0.1) is 0 Å². The van der Waals surface area contributed by atoms with Crippen LogP contribution >= 0.6 is 0 Å². The van der Waals surface area contributed by atoms with Crippen molar-refractivity contribution in [2.24, 2.45) is 0 Å². The van der Waals surface area contributed by atoms with Crippen molar-refractivity contribution in [3.8, 4) is 0 Å². The second-order valence-electron chi connectivity index (χ2n) is 5.76. The Labute approximate surface area is 131 Å². The van der Waals surface area contributed by atoms with E-state index >= 15 is 0 Å². The van der Waals surface area contributed by atoms with Gasteiger partial charge in [-0.25, -0.2) is 8.78 Å². The van der Waals surface area contributed by atoms with Gasteiger partial charge in [0.05, 0.1) is 19.0 Å². The van der Waals surface area contributed by atoms with Gasteiger partial charge < -0.3 is 9.47 Å². The van der Waals surface area contributed by atoms with Gasteiger partial charge in [0.2, 0.25) is 0 Å². The standard InChI is InChI=1S/C18H24F2O2/c1-3-11-22-15-7-4-13(5-8-15)16-9-6-14(10-12-21-2)17(19)18(16)20/h3,6,9,11,13,15H,4-5,7-8,10,12H2,1-2H3. The summed E-state index contributed by atoms with van der Waals surface area (Å²) in [5, 5.41) is 0. The lowest BCUT2D eigenvalue weighted by atomic mass is 9.82. The molecule has 0 radical (unpaired) electrons. The van der Waals surface area contributed by atoms with Gasteiger partial charge in [0.1, 0.15) is 0 Å². The van der Waals surface area contributed by atoms with Crippen LogP contribution in [0.3, 0.4) is 0 Å². The van der Waals surface area contributed by atoms with E-state index in [0.717, 1.165) is 25.7 Å². The van der Waals surface area contributed by atoms with E-state index in [1.807, 2.05) is 13.0 Å². The lowest BCUT2D eigenvalue weighted by molar-refractivity contribution is 0.0989. The smallest absolute Gasteiger partial charge is 0.162 e. The molecular formula is C18H24F2O2. The highest BCUT2D eigenvalue weighted by Crippen LogP contribution is 2.36. The Morgan fingerprint density at radius 3 is 2.50 bits per heavy atom. The first-order valence-corrected chi connectivity index (χ1v) is 7.89. The average Bonchev–Trinajstić information content (AvgIpc) is 2.55. The first-order chi connectivity index (χ1) is 10.7. The summed E-state index contributed by atoms with van der Waals surface area (Å²) in [6.07, 6.45) is 7.56. The van der Waals surface area contributed by atoms with Crippen LogP contribution in [0, 0.1) is 11.6 Å². The fourth-order valence-electron chi connectivity index (χ4n) is 3.02. The van der Waals surface area contributed by atoms with E-state index in [9.17, 15) is 8.78 Å². The Balaban J connectivity index is 2.03. The van der Waals surface area contributed by atoms with Crippen LogP contribution in [0.1, 0.15) is 49.7 Å². The van der Waals surface area contributed by atoms with Gasteiger partial charge in [0.25, 0.3) is 0 Å². The van der Waals surface area contributed by atoms with Crippen molar-refractivity contribution in [3.05, 3.63) is 47.2 Å². The van der Waals surface area contributed by atoms with Crippen LogP contribution in [-0.4, -0.2) is 19.8 Å². The second kappa shape index (κ2) is 8.28. The SMILES string of the molecule is CC=COC1CCC(c2ccc(CCOC)c(F)c2F)CC1. The molecule has 1 aromatic rings. The molecule has 0 spiro atoms. The molecule has 4 heteroatoms. The maximum Gasteiger partial charge on any atom is 0.162 e. The van der Waals surface area contributed by atoms with E-state index < -0.39 is 11.6 Å². The molecule has 0 saturated heterocycles. The Morgan fingerprint density at radius 2 is 1.86 bits per heavy atom. The highest BCUT2D eigenvalue weighted by molar-refractivity contribution is 5.29. The van der Waals surface area contributed by atoms with Crippen LogP contribution in [0.4, 0.5) is 8.78 Å². The van der Waals surface area contributed by atoms with Crippen molar-refractivity contribution in [1.82, 2.24) is 0 Å². The van der Waals surface area contributed by atoms with E-state index in [-0.39, 0.29) is 12.0 Å². The molecule has 0 atom stereocenters. The van der Waals surface area contributed by atoms with Gasteiger partial charge in [-0.2, -0.15) is 0 Å². The minimum Gasteiger partial charge on any atom is -0.498 e. The Kier molecular flexibility index (Phi) is 6.37. The van der Waals surface area contributed by atoms with E-state index in [1.165, 1.54) is 0 Å². The van der Waals surface area contributed by atoms with E-state index in [2.05, 4.69) is 0 Å². The molecule has 0 unspecified atom stereocenters. The molecule has 22 heavy (non-hydrogen) atoms. The Morgan fingerprint density at radius 1 is 1.14 bits per heavy atom. The zero-order valence-electron chi connectivity index (χ0n) is 13.3. The molecule has 1 fully saturated rings. The second-order valence-corrected chi connectivity index (χ2v) is 5.76. The molecule has 0 heterocycles. The topological polar surface area (TPSA) is 18.5 Å². The molecule has 1 aliphatic carbocycles. The summed E-state index contributed by atoms with van der Waals surface area (Å²) in [6, 6.07) is 3.43. The van der Waals surface area contributed by atoms with Crippen LogP contribution in [0.2, 0.25) is 0 Å². The van der Waals surface area contributed by atoms with Crippen molar-refractivity contribution in [1.29, 1.82) is 0 Å². The summed E-state index contributed by atoms with van der Waals surface area (Å²) in [5.74, 6) is -1.33. The molecule has 0 N–H and O–H groups in total. The summed E-state index contributed by atoms with van der Waals surface area (Å²) in [6.45, 7) is 2.30. The average molecular weight is 310 g/mol. The predicted molar refractivity (Wildman–Crippen MR) is 82.8 cm³/mol. The third-order valence-electron chi connectivity index (χ3n) is 4.29. The van der Waals surface area contributed by atoms with Gasteiger partial charge >= 0.3 is 0 Å². The van der Waals surface area contributed by atoms with Crippen LogP contribution in [0.5, 0.6) is 0 Å². The predicted octanol–water partition coefficient (Wildman–Crippen LogP) is 4.73. The highest BCUT2D eigenvalue weighted by atomic mass is 19.2. The molecule has 0 aliphatic heterocycles. The molecule has 2 rings (SSSR count). The summed E-state index contributed by atoms with van der Waals surface area (Å²) >= 11 is 0. The van der Waals surface area contributed by atoms with Crippen LogP contribution in [0.15, 0.2) is 24.5 Å². The van der Waals surface area contributed by atoms with E-state index in [0.29, 0.717) is 24.2 Å². The van der Waals surface area contributed by atoms with Crippen molar-refractivity contribution in [2.75, 3.05) is 13.7 Å². The summed E-state index contributed by atoms with van der Waals surface area (Å²) in [5.41, 5.74) is 0.886. The zero-order valence-corrected chi connectivity index (χ0v) is 13.3. The van der Waals surface area contributed by atoms with Crippen LogP contribution < -0.4 is 0 Å². The van der Waals surface area contributed by atoms with Crippen molar-refractivity contribution in [3.63, 3.8) is 0 Å². The van der Waals surface area contributed by atoms with Crippen molar-refractivity contribution in [2.45, 2.75) is 51.0 Å². The largest absolute Gasteiger partial charge is 0.498 e. The van der Waals surface area contributed by atoms with Gasteiger partial charge in [-0.3, -0.25) is 0 Å². The minimum atomic E-state index is -0.721. The fraction of sp³-hybridized carbons (Fsp3) is 0.556. The lowest BCUT2D eigenvalue weighted by Gasteiger charge is -2.28. The number of halogens is 2. The number of hydrogen-bond donors (Lipinski definition) is 0. The van der Waals surface area contributed by atoms with Gasteiger partial charge in [-0.1, -0.05) is 18.2 Å². The summed E-state index contributed by atoms with van der Waals surface area (Å²) in [4.78, 5) is 0. The fourth-order valence-corrected chi connectivity index (χ4v) is 3.02. The maximum atomic E-state index is 14.3. The minimum absolute atomic E-state index is 0.0800. The van der Waals surface area contributed by atoms with Crippen molar-refractivity contribution >= 4 is 0 Å². The summed E-state index contributed by atoms with van der Waals surface area (Å²) < 4.78 is 38.9. The molecule has 1 aromatic carbocycles. The normalized spacial score (nSPS) is 22.2. The van der Waals surface area contributed by atoms with Crippen LogP contribution in [-0.2, 0) is 15.9 Å². The Hall–Kier alpha value is -1.42. The highest BCUT2D eigenvalue weighted by Gasteiger charge is 2.26. The molecule has 1 aliphatic rings.